The zero-order valence-corrected chi connectivity index (χ0v) is 9.37. The van der Waals surface area contributed by atoms with E-state index in [1.807, 2.05) is 0 Å². The van der Waals surface area contributed by atoms with Crippen molar-refractivity contribution in [2.45, 2.75) is 6.04 Å². The molecule has 2 N–H and O–H groups in total. The van der Waals surface area contributed by atoms with E-state index in [0.717, 1.165) is 11.6 Å². The standard InChI is InChI=1S/C7H12N2O3S.ClH/c1-12-6(10)2-8-7(11)5-3-13-4-9-5;/h5,9H,2-4H2,1H3,(H,8,11);1H/t5-;/m1./s1. The highest BCUT2D eigenvalue weighted by Crippen LogP contribution is 2.08. The van der Waals surface area contributed by atoms with Gasteiger partial charge in [0.1, 0.15) is 6.54 Å². The fourth-order valence-corrected chi connectivity index (χ4v) is 1.86. The van der Waals surface area contributed by atoms with E-state index in [2.05, 4.69) is 15.4 Å². The monoisotopic (exact) mass is 240 g/mol. The molecule has 1 atom stereocenters. The molecular weight excluding hydrogens is 228 g/mol. The van der Waals surface area contributed by atoms with Crippen molar-refractivity contribution >= 4 is 36.0 Å². The summed E-state index contributed by atoms with van der Waals surface area (Å²) in [6.07, 6.45) is 0. The minimum Gasteiger partial charge on any atom is -0.468 e. The first-order valence-corrected chi connectivity index (χ1v) is 5.05. The van der Waals surface area contributed by atoms with E-state index in [-0.39, 0.29) is 30.9 Å². The van der Waals surface area contributed by atoms with E-state index in [0.29, 0.717) is 0 Å². The lowest BCUT2D eigenvalue weighted by molar-refractivity contribution is -0.141. The Morgan fingerprint density at radius 2 is 2.36 bits per heavy atom. The Bertz CT molecular complexity index is 209. The maximum Gasteiger partial charge on any atom is 0.325 e. The zero-order chi connectivity index (χ0) is 9.68. The summed E-state index contributed by atoms with van der Waals surface area (Å²) < 4.78 is 4.38. The van der Waals surface area contributed by atoms with Gasteiger partial charge >= 0.3 is 5.97 Å². The molecule has 0 saturated carbocycles. The fourth-order valence-electron chi connectivity index (χ4n) is 0.918. The van der Waals surface area contributed by atoms with Crippen molar-refractivity contribution in [1.29, 1.82) is 0 Å². The van der Waals surface area contributed by atoms with Crippen molar-refractivity contribution in [3.63, 3.8) is 0 Å². The molecule has 5 nitrogen and oxygen atoms in total. The largest absolute Gasteiger partial charge is 0.468 e. The second kappa shape index (κ2) is 6.92. The van der Waals surface area contributed by atoms with Crippen LogP contribution in [0.4, 0.5) is 0 Å². The predicted molar refractivity (Wildman–Crippen MR) is 56.5 cm³/mol. The number of hydrogen-bond acceptors (Lipinski definition) is 5. The van der Waals surface area contributed by atoms with Gasteiger partial charge in [-0.05, 0) is 0 Å². The van der Waals surface area contributed by atoms with E-state index in [1.165, 1.54) is 7.11 Å². The first-order chi connectivity index (χ1) is 6.24. The first kappa shape index (κ1) is 13.5. The van der Waals surface area contributed by atoms with E-state index in [1.54, 1.807) is 11.8 Å². The average Bonchev–Trinajstić information content (AvgIpc) is 2.66. The van der Waals surface area contributed by atoms with Gasteiger partial charge in [-0.3, -0.25) is 14.9 Å². The van der Waals surface area contributed by atoms with Crippen molar-refractivity contribution in [3.05, 3.63) is 0 Å². The Morgan fingerprint density at radius 1 is 1.64 bits per heavy atom. The Hall–Kier alpha value is -0.460. The first-order valence-electron chi connectivity index (χ1n) is 3.89. The van der Waals surface area contributed by atoms with Gasteiger partial charge in [0.15, 0.2) is 0 Å². The molecule has 1 saturated heterocycles. The van der Waals surface area contributed by atoms with Gasteiger partial charge in [-0.15, -0.1) is 24.2 Å². The van der Waals surface area contributed by atoms with E-state index in [4.69, 9.17) is 0 Å². The molecule has 0 unspecified atom stereocenters. The highest BCUT2D eigenvalue weighted by Gasteiger charge is 2.22. The quantitative estimate of drug-likeness (QED) is 0.643. The van der Waals surface area contributed by atoms with Crippen LogP contribution in [0.2, 0.25) is 0 Å². The van der Waals surface area contributed by atoms with E-state index in [9.17, 15) is 9.59 Å². The van der Waals surface area contributed by atoms with Gasteiger partial charge in [0.05, 0.1) is 13.2 Å². The van der Waals surface area contributed by atoms with Crippen molar-refractivity contribution in [2.24, 2.45) is 0 Å². The summed E-state index contributed by atoms with van der Waals surface area (Å²) in [7, 11) is 1.29. The topological polar surface area (TPSA) is 67.4 Å². The molecular formula is C7H13ClN2O3S. The molecule has 14 heavy (non-hydrogen) atoms. The van der Waals surface area contributed by atoms with Gasteiger partial charge in [-0.25, -0.2) is 0 Å². The Labute approximate surface area is 92.7 Å². The lowest BCUT2D eigenvalue weighted by Gasteiger charge is -2.08. The van der Waals surface area contributed by atoms with Crippen LogP contribution in [0.15, 0.2) is 0 Å². The van der Waals surface area contributed by atoms with Crippen LogP contribution in [0.1, 0.15) is 0 Å². The fraction of sp³-hybridized carbons (Fsp3) is 0.714. The molecule has 0 radical (unpaired) electrons. The van der Waals surface area contributed by atoms with Crippen molar-refractivity contribution in [1.82, 2.24) is 10.6 Å². The molecule has 0 spiro atoms. The number of amides is 1. The molecule has 0 aliphatic carbocycles. The van der Waals surface area contributed by atoms with Gasteiger partial charge in [0.25, 0.3) is 0 Å². The smallest absolute Gasteiger partial charge is 0.325 e. The number of ether oxygens (including phenoxy) is 1. The third-order valence-corrected chi connectivity index (χ3v) is 2.61. The molecule has 82 valence electrons. The van der Waals surface area contributed by atoms with Crippen molar-refractivity contribution in [2.75, 3.05) is 25.3 Å². The Morgan fingerprint density at radius 3 is 2.86 bits per heavy atom. The van der Waals surface area contributed by atoms with Crippen LogP contribution in [0.25, 0.3) is 0 Å². The number of halogens is 1. The summed E-state index contributed by atoms with van der Waals surface area (Å²) in [6.45, 7) is -0.0574. The van der Waals surface area contributed by atoms with Crippen molar-refractivity contribution < 1.29 is 14.3 Å². The number of esters is 1. The SMILES string of the molecule is COC(=O)CNC(=O)[C@H]1CSCN1.Cl. The molecule has 1 aliphatic rings. The molecule has 1 aliphatic heterocycles. The number of carbonyl (C=O) groups excluding carboxylic acids is 2. The summed E-state index contributed by atoms with van der Waals surface area (Å²) in [4.78, 5) is 21.9. The van der Waals surface area contributed by atoms with Crippen LogP contribution < -0.4 is 10.6 Å². The molecule has 7 heteroatoms. The predicted octanol–water partition coefficient (Wildman–Crippen LogP) is -0.640. The van der Waals surface area contributed by atoms with Crippen LogP contribution in [0.5, 0.6) is 0 Å². The normalized spacial score (nSPS) is 19.6. The number of carbonyl (C=O) groups is 2. The van der Waals surface area contributed by atoms with Crippen LogP contribution in [-0.4, -0.2) is 43.2 Å². The molecule has 1 amide bonds. The number of hydrogen-bond donors (Lipinski definition) is 2. The van der Waals surface area contributed by atoms with Gasteiger partial charge in [-0.2, -0.15) is 0 Å². The maximum absolute atomic E-state index is 11.3. The Kier molecular flexibility index (Phi) is 6.69. The van der Waals surface area contributed by atoms with Crippen LogP contribution >= 0.6 is 24.2 Å². The number of thioether (sulfide) groups is 1. The lowest BCUT2D eigenvalue weighted by atomic mass is 10.3. The highest BCUT2D eigenvalue weighted by atomic mass is 35.5. The van der Waals surface area contributed by atoms with E-state index >= 15 is 0 Å². The minimum atomic E-state index is -0.431. The third-order valence-electron chi connectivity index (χ3n) is 1.67. The maximum atomic E-state index is 11.3. The Balaban J connectivity index is 0.00000169. The molecule has 0 aromatic rings. The van der Waals surface area contributed by atoms with Gasteiger partial charge in [0.2, 0.25) is 5.91 Å². The zero-order valence-electron chi connectivity index (χ0n) is 7.74. The third kappa shape index (κ3) is 4.17. The van der Waals surface area contributed by atoms with Gasteiger partial charge in [0, 0.05) is 11.6 Å². The van der Waals surface area contributed by atoms with Crippen molar-refractivity contribution in [3.8, 4) is 0 Å². The molecule has 1 fully saturated rings. The lowest BCUT2D eigenvalue weighted by Crippen LogP contribution is -2.43. The minimum absolute atomic E-state index is 0. The van der Waals surface area contributed by atoms with Crippen LogP contribution in [-0.2, 0) is 14.3 Å². The second-order valence-electron chi connectivity index (χ2n) is 2.57. The second-order valence-corrected chi connectivity index (χ2v) is 3.60. The molecule has 0 bridgehead atoms. The molecule has 0 aromatic heterocycles. The summed E-state index contributed by atoms with van der Waals surface area (Å²) in [5.74, 6) is 0.970. The number of rotatable bonds is 3. The number of methoxy groups -OCH3 is 1. The highest BCUT2D eigenvalue weighted by molar-refractivity contribution is 7.99. The molecule has 1 heterocycles. The average molecular weight is 241 g/mol. The van der Waals surface area contributed by atoms with Gasteiger partial charge < -0.3 is 10.1 Å². The summed E-state index contributed by atoms with van der Waals surface area (Å²) in [6, 6.07) is -0.172. The van der Waals surface area contributed by atoms with Crippen LogP contribution in [0.3, 0.4) is 0 Å². The summed E-state index contributed by atoms with van der Waals surface area (Å²) in [5, 5.41) is 5.48. The summed E-state index contributed by atoms with van der Waals surface area (Å²) in [5.41, 5.74) is 0. The van der Waals surface area contributed by atoms with E-state index < -0.39 is 5.97 Å². The molecule has 1 rings (SSSR count). The number of nitrogens with one attached hydrogen (secondary N) is 2. The summed E-state index contributed by atoms with van der Waals surface area (Å²) >= 11 is 1.66. The van der Waals surface area contributed by atoms with Crippen LogP contribution in [0, 0.1) is 0 Å². The molecule has 0 aromatic carbocycles. The van der Waals surface area contributed by atoms with Gasteiger partial charge in [-0.1, -0.05) is 0 Å².